The first-order chi connectivity index (χ1) is 9.18. The predicted molar refractivity (Wildman–Crippen MR) is 77.4 cm³/mol. The Morgan fingerprint density at radius 1 is 1.42 bits per heavy atom. The Bertz CT molecular complexity index is 448. The fourth-order valence-corrected chi connectivity index (χ4v) is 2.26. The van der Waals surface area contributed by atoms with Crippen molar-refractivity contribution in [2.75, 3.05) is 19.8 Å². The molecule has 4 nitrogen and oxygen atoms in total. The number of hydrogen-bond acceptors (Lipinski definition) is 3. The molecule has 0 spiro atoms. The van der Waals surface area contributed by atoms with Gasteiger partial charge in [0.15, 0.2) is 11.5 Å². The number of carbonyl (C=O) groups excluding carboxylic acids is 1. The van der Waals surface area contributed by atoms with Gasteiger partial charge in [-0.05, 0) is 25.0 Å². The molecule has 1 unspecified atom stereocenters. The van der Waals surface area contributed by atoms with Gasteiger partial charge in [0, 0.05) is 11.4 Å². The number of amides is 1. The zero-order valence-electron chi connectivity index (χ0n) is 10.9. The minimum Gasteiger partial charge on any atom is -0.486 e. The van der Waals surface area contributed by atoms with Gasteiger partial charge < -0.3 is 14.8 Å². The standard InChI is InChI=1S/C14H18BrNO3/c1-10(15)4-3-7-16-14(17)11-5-2-6-12-13(11)19-9-8-18-12/h2,5-6,10H,3-4,7-9H2,1H3,(H,16,17). The van der Waals surface area contributed by atoms with Crippen LogP contribution in [-0.2, 0) is 0 Å². The van der Waals surface area contributed by atoms with Crippen LogP contribution in [0.15, 0.2) is 18.2 Å². The third kappa shape index (κ3) is 3.86. The fourth-order valence-electron chi connectivity index (χ4n) is 1.93. The molecule has 0 fully saturated rings. The van der Waals surface area contributed by atoms with Crippen LogP contribution in [0.1, 0.15) is 30.1 Å². The van der Waals surface area contributed by atoms with Crippen LogP contribution in [0.25, 0.3) is 0 Å². The topological polar surface area (TPSA) is 47.6 Å². The summed E-state index contributed by atoms with van der Waals surface area (Å²) in [7, 11) is 0. The van der Waals surface area contributed by atoms with Gasteiger partial charge in [0.1, 0.15) is 13.2 Å². The third-order valence-electron chi connectivity index (χ3n) is 2.88. The number of benzene rings is 1. The molecule has 1 N–H and O–H groups in total. The normalized spacial score (nSPS) is 14.8. The van der Waals surface area contributed by atoms with Crippen LogP contribution < -0.4 is 14.8 Å². The van der Waals surface area contributed by atoms with Crippen molar-refractivity contribution >= 4 is 21.8 Å². The zero-order valence-corrected chi connectivity index (χ0v) is 12.5. The molecule has 104 valence electrons. The summed E-state index contributed by atoms with van der Waals surface area (Å²) < 4.78 is 11.0. The van der Waals surface area contributed by atoms with Gasteiger partial charge in [-0.25, -0.2) is 0 Å². The summed E-state index contributed by atoms with van der Waals surface area (Å²) in [5.41, 5.74) is 0.545. The first-order valence-electron chi connectivity index (χ1n) is 6.49. The van der Waals surface area contributed by atoms with Gasteiger partial charge in [0.2, 0.25) is 0 Å². The zero-order chi connectivity index (χ0) is 13.7. The molecule has 0 saturated carbocycles. The van der Waals surface area contributed by atoms with Crippen LogP contribution in [0.4, 0.5) is 0 Å². The van der Waals surface area contributed by atoms with E-state index in [1.165, 1.54) is 0 Å². The van der Waals surface area contributed by atoms with Crippen LogP contribution in [0.3, 0.4) is 0 Å². The van der Waals surface area contributed by atoms with E-state index in [0.717, 1.165) is 12.8 Å². The number of rotatable bonds is 5. The maximum Gasteiger partial charge on any atom is 0.255 e. The van der Waals surface area contributed by atoms with Gasteiger partial charge in [-0.2, -0.15) is 0 Å². The van der Waals surface area contributed by atoms with Gasteiger partial charge in [0.05, 0.1) is 5.56 Å². The Balaban J connectivity index is 1.95. The number of alkyl halides is 1. The van der Waals surface area contributed by atoms with Gasteiger partial charge in [0.25, 0.3) is 5.91 Å². The molecule has 0 radical (unpaired) electrons. The highest BCUT2D eigenvalue weighted by Gasteiger charge is 2.19. The predicted octanol–water partition coefficient (Wildman–Crippen LogP) is 2.75. The van der Waals surface area contributed by atoms with Crippen molar-refractivity contribution in [3.8, 4) is 11.5 Å². The number of carbonyl (C=O) groups is 1. The summed E-state index contributed by atoms with van der Waals surface area (Å²) in [5.74, 6) is 1.10. The van der Waals surface area contributed by atoms with Gasteiger partial charge in [-0.15, -0.1) is 0 Å². The molecular weight excluding hydrogens is 310 g/mol. The monoisotopic (exact) mass is 327 g/mol. The molecule has 0 aliphatic carbocycles. The second kappa shape index (κ2) is 6.80. The first kappa shape index (κ1) is 14.2. The SMILES string of the molecule is CC(Br)CCCNC(=O)c1cccc2c1OCCO2. The molecule has 1 heterocycles. The fraction of sp³-hybridized carbons (Fsp3) is 0.500. The van der Waals surface area contributed by atoms with Crippen molar-refractivity contribution in [3.05, 3.63) is 23.8 Å². The average Bonchev–Trinajstić information content (AvgIpc) is 2.42. The van der Waals surface area contributed by atoms with Crippen LogP contribution in [0, 0.1) is 0 Å². The Morgan fingerprint density at radius 2 is 2.21 bits per heavy atom. The number of ether oxygens (including phenoxy) is 2. The van der Waals surface area contributed by atoms with Crippen molar-refractivity contribution in [2.24, 2.45) is 0 Å². The molecule has 1 atom stereocenters. The Hall–Kier alpha value is -1.23. The summed E-state index contributed by atoms with van der Waals surface area (Å²) in [5, 5.41) is 2.91. The van der Waals surface area contributed by atoms with Gasteiger partial charge >= 0.3 is 0 Å². The highest BCUT2D eigenvalue weighted by atomic mass is 79.9. The van der Waals surface area contributed by atoms with Crippen molar-refractivity contribution in [3.63, 3.8) is 0 Å². The number of para-hydroxylation sites is 1. The van der Waals surface area contributed by atoms with Crippen LogP contribution in [0.2, 0.25) is 0 Å². The Kier molecular flexibility index (Phi) is 5.07. The quantitative estimate of drug-likeness (QED) is 0.668. The van der Waals surface area contributed by atoms with Crippen LogP contribution in [0.5, 0.6) is 11.5 Å². The van der Waals surface area contributed by atoms with Crippen molar-refractivity contribution < 1.29 is 14.3 Å². The number of fused-ring (bicyclic) bond motifs is 1. The molecule has 2 rings (SSSR count). The lowest BCUT2D eigenvalue weighted by Gasteiger charge is -2.20. The molecule has 19 heavy (non-hydrogen) atoms. The lowest BCUT2D eigenvalue weighted by atomic mass is 10.1. The van der Waals surface area contributed by atoms with E-state index in [9.17, 15) is 4.79 Å². The van der Waals surface area contributed by atoms with Crippen molar-refractivity contribution in [1.82, 2.24) is 5.32 Å². The van der Waals surface area contributed by atoms with Gasteiger partial charge in [-0.1, -0.05) is 28.9 Å². The molecule has 1 aliphatic rings. The van der Waals surface area contributed by atoms with E-state index in [1.807, 2.05) is 12.1 Å². The second-order valence-corrected chi connectivity index (χ2v) is 6.07. The third-order valence-corrected chi connectivity index (χ3v) is 3.33. The van der Waals surface area contributed by atoms with E-state index in [2.05, 4.69) is 28.2 Å². The summed E-state index contributed by atoms with van der Waals surface area (Å²) in [6.45, 7) is 3.78. The largest absolute Gasteiger partial charge is 0.486 e. The van der Waals surface area contributed by atoms with Gasteiger partial charge in [-0.3, -0.25) is 4.79 Å². The van der Waals surface area contributed by atoms with E-state index in [1.54, 1.807) is 6.07 Å². The Morgan fingerprint density at radius 3 is 3.00 bits per heavy atom. The smallest absolute Gasteiger partial charge is 0.255 e. The first-order valence-corrected chi connectivity index (χ1v) is 7.41. The van der Waals surface area contributed by atoms with E-state index < -0.39 is 0 Å². The second-order valence-electron chi connectivity index (χ2n) is 4.51. The lowest BCUT2D eigenvalue weighted by Crippen LogP contribution is -2.26. The van der Waals surface area contributed by atoms with E-state index in [4.69, 9.17) is 9.47 Å². The number of halogens is 1. The maximum atomic E-state index is 12.1. The summed E-state index contributed by atoms with van der Waals surface area (Å²) in [6.07, 6.45) is 1.98. The van der Waals surface area contributed by atoms with Crippen LogP contribution >= 0.6 is 15.9 Å². The number of nitrogens with one attached hydrogen (secondary N) is 1. The molecule has 1 aliphatic heterocycles. The molecular formula is C14H18BrNO3. The molecule has 5 heteroatoms. The van der Waals surface area contributed by atoms with Crippen molar-refractivity contribution in [1.29, 1.82) is 0 Å². The Labute approximate surface area is 121 Å². The summed E-state index contributed by atoms with van der Waals surface area (Å²) in [4.78, 5) is 12.6. The van der Waals surface area contributed by atoms with Crippen LogP contribution in [-0.4, -0.2) is 30.5 Å². The molecule has 0 saturated heterocycles. The highest BCUT2D eigenvalue weighted by Crippen LogP contribution is 2.33. The van der Waals surface area contributed by atoms with E-state index in [0.29, 0.717) is 41.6 Å². The molecule has 1 amide bonds. The average molecular weight is 328 g/mol. The molecule has 0 aromatic heterocycles. The summed E-state index contributed by atoms with van der Waals surface area (Å²) >= 11 is 3.49. The maximum absolute atomic E-state index is 12.1. The molecule has 0 bridgehead atoms. The molecule has 1 aromatic carbocycles. The van der Waals surface area contributed by atoms with E-state index >= 15 is 0 Å². The minimum absolute atomic E-state index is 0.107. The van der Waals surface area contributed by atoms with Crippen molar-refractivity contribution in [2.45, 2.75) is 24.6 Å². The lowest BCUT2D eigenvalue weighted by molar-refractivity contribution is 0.0942. The highest BCUT2D eigenvalue weighted by molar-refractivity contribution is 9.09. The van der Waals surface area contributed by atoms with E-state index in [-0.39, 0.29) is 5.91 Å². The molecule has 1 aromatic rings. The summed E-state index contributed by atoms with van der Waals surface area (Å²) in [6, 6.07) is 5.39. The number of hydrogen-bond donors (Lipinski definition) is 1. The minimum atomic E-state index is -0.107.